The van der Waals surface area contributed by atoms with Crippen molar-refractivity contribution in [1.82, 2.24) is 10.6 Å². The van der Waals surface area contributed by atoms with Crippen LogP contribution in [-0.4, -0.2) is 32.0 Å². The van der Waals surface area contributed by atoms with Gasteiger partial charge in [0.1, 0.15) is 0 Å². The molecule has 94 valence electrons. The molecule has 0 fully saturated rings. The van der Waals surface area contributed by atoms with Crippen LogP contribution in [0, 0.1) is 11.3 Å². The predicted molar refractivity (Wildman–Crippen MR) is 63.7 cm³/mol. The van der Waals surface area contributed by atoms with Gasteiger partial charge in [-0.1, -0.05) is 6.92 Å². The molecule has 1 unspecified atom stereocenters. The van der Waals surface area contributed by atoms with Gasteiger partial charge in [0.2, 0.25) is 11.8 Å². The highest BCUT2D eigenvalue weighted by Crippen LogP contribution is 2.13. The van der Waals surface area contributed by atoms with E-state index in [-0.39, 0.29) is 17.7 Å². The molecule has 2 amide bonds. The molecule has 0 aromatic rings. The van der Waals surface area contributed by atoms with Crippen LogP contribution in [-0.2, 0) is 9.59 Å². The fourth-order valence-electron chi connectivity index (χ4n) is 1.28. The van der Waals surface area contributed by atoms with Crippen molar-refractivity contribution in [1.29, 1.82) is 0 Å². The maximum Gasteiger partial charge on any atom is 0.227 e. The SMILES string of the molecule is CNC(=O)C(C)(C)CNC(=O)C(C)CCN. The van der Waals surface area contributed by atoms with Gasteiger partial charge in [-0.15, -0.1) is 0 Å². The number of carbonyl (C=O) groups excluding carboxylic acids is 2. The van der Waals surface area contributed by atoms with Crippen molar-refractivity contribution in [3.8, 4) is 0 Å². The van der Waals surface area contributed by atoms with E-state index in [1.165, 1.54) is 0 Å². The highest BCUT2D eigenvalue weighted by atomic mass is 16.2. The molecule has 16 heavy (non-hydrogen) atoms. The Kier molecular flexibility index (Phi) is 6.03. The van der Waals surface area contributed by atoms with Gasteiger partial charge < -0.3 is 16.4 Å². The second-order valence-corrected chi connectivity index (χ2v) is 4.66. The Balaban J connectivity index is 4.14. The van der Waals surface area contributed by atoms with Crippen molar-refractivity contribution in [3.05, 3.63) is 0 Å². The number of nitrogens with two attached hydrogens (primary N) is 1. The van der Waals surface area contributed by atoms with Crippen molar-refractivity contribution >= 4 is 11.8 Å². The van der Waals surface area contributed by atoms with Crippen molar-refractivity contribution < 1.29 is 9.59 Å². The first-order valence-corrected chi connectivity index (χ1v) is 5.55. The molecule has 0 rings (SSSR count). The average molecular weight is 229 g/mol. The van der Waals surface area contributed by atoms with E-state index in [9.17, 15) is 9.59 Å². The van der Waals surface area contributed by atoms with E-state index in [2.05, 4.69) is 10.6 Å². The fraction of sp³-hybridized carbons (Fsp3) is 0.818. The van der Waals surface area contributed by atoms with E-state index in [0.29, 0.717) is 19.5 Å². The second kappa shape index (κ2) is 6.48. The lowest BCUT2D eigenvalue weighted by Crippen LogP contribution is -2.45. The third kappa shape index (κ3) is 4.61. The Labute approximate surface area is 97.2 Å². The van der Waals surface area contributed by atoms with Crippen LogP contribution in [0.15, 0.2) is 0 Å². The maximum atomic E-state index is 11.6. The number of carbonyl (C=O) groups is 2. The molecule has 0 radical (unpaired) electrons. The van der Waals surface area contributed by atoms with Gasteiger partial charge in [0.05, 0.1) is 5.41 Å². The summed E-state index contributed by atoms with van der Waals surface area (Å²) in [6.45, 7) is 6.24. The van der Waals surface area contributed by atoms with Crippen LogP contribution in [0.5, 0.6) is 0 Å². The van der Waals surface area contributed by atoms with Crippen molar-refractivity contribution in [3.63, 3.8) is 0 Å². The van der Waals surface area contributed by atoms with Crippen molar-refractivity contribution in [2.45, 2.75) is 27.2 Å². The lowest BCUT2D eigenvalue weighted by atomic mass is 9.92. The zero-order chi connectivity index (χ0) is 12.8. The summed E-state index contributed by atoms with van der Waals surface area (Å²) in [6.07, 6.45) is 0.659. The predicted octanol–water partition coefficient (Wildman–Crippen LogP) is -0.140. The molecule has 4 N–H and O–H groups in total. The summed E-state index contributed by atoms with van der Waals surface area (Å²) in [6, 6.07) is 0. The lowest BCUT2D eigenvalue weighted by Gasteiger charge is -2.23. The highest BCUT2D eigenvalue weighted by Gasteiger charge is 2.27. The van der Waals surface area contributed by atoms with Gasteiger partial charge >= 0.3 is 0 Å². The molecule has 0 aliphatic carbocycles. The van der Waals surface area contributed by atoms with Gasteiger partial charge in [0.15, 0.2) is 0 Å². The minimum Gasteiger partial charge on any atom is -0.359 e. The summed E-state index contributed by atoms with van der Waals surface area (Å²) in [5.74, 6) is -0.243. The molecule has 5 heteroatoms. The van der Waals surface area contributed by atoms with Crippen LogP contribution in [0.1, 0.15) is 27.2 Å². The first-order valence-electron chi connectivity index (χ1n) is 5.55. The molecule has 0 aromatic heterocycles. The smallest absolute Gasteiger partial charge is 0.227 e. The molecule has 0 bridgehead atoms. The zero-order valence-electron chi connectivity index (χ0n) is 10.6. The van der Waals surface area contributed by atoms with Crippen LogP contribution in [0.2, 0.25) is 0 Å². The quantitative estimate of drug-likeness (QED) is 0.592. The standard InChI is InChI=1S/C11H23N3O2/c1-8(5-6-12)9(15)14-7-11(2,3)10(16)13-4/h8H,5-7,12H2,1-4H3,(H,13,16)(H,14,15). The fourth-order valence-corrected chi connectivity index (χ4v) is 1.28. The first-order chi connectivity index (χ1) is 7.35. The third-order valence-electron chi connectivity index (χ3n) is 2.59. The summed E-state index contributed by atoms with van der Waals surface area (Å²) in [5.41, 5.74) is 4.78. The molecule has 0 aromatic carbocycles. The summed E-state index contributed by atoms with van der Waals surface area (Å²) in [4.78, 5) is 23.1. The normalized spacial score (nSPS) is 13.1. The molecule has 0 aliphatic heterocycles. The van der Waals surface area contributed by atoms with Crippen LogP contribution >= 0.6 is 0 Å². The van der Waals surface area contributed by atoms with Gasteiger partial charge in [0, 0.05) is 19.5 Å². The average Bonchev–Trinajstić information content (AvgIpc) is 2.25. The van der Waals surface area contributed by atoms with E-state index in [1.807, 2.05) is 6.92 Å². The zero-order valence-corrected chi connectivity index (χ0v) is 10.6. The Morgan fingerprint density at radius 1 is 1.38 bits per heavy atom. The minimum atomic E-state index is -0.590. The van der Waals surface area contributed by atoms with Crippen molar-refractivity contribution in [2.75, 3.05) is 20.1 Å². The van der Waals surface area contributed by atoms with E-state index in [4.69, 9.17) is 5.73 Å². The molecular formula is C11H23N3O2. The summed E-state index contributed by atoms with van der Waals surface area (Å²) in [5, 5.41) is 5.34. The molecule has 0 saturated heterocycles. The topological polar surface area (TPSA) is 84.2 Å². The number of nitrogens with one attached hydrogen (secondary N) is 2. The first kappa shape index (κ1) is 14.9. The van der Waals surface area contributed by atoms with Crippen LogP contribution in [0.25, 0.3) is 0 Å². The summed E-state index contributed by atoms with van der Waals surface area (Å²) >= 11 is 0. The van der Waals surface area contributed by atoms with E-state index >= 15 is 0 Å². The Hall–Kier alpha value is -1.10. The summed E-state index contributed by atoms with van der Waals surface area (Å²) in [7, 11) is 1.59. The molecule has 0 aliphatic rings. The Morgan fingerprint density at radius 3 is 2.38 bits per heavy atom. The van der Waals surface area contributed by atoms with Gasteiger partial charge in [0.25, 0.3) is 0 Å². The molecule has 0 heterocycles. The summed E-state index contributed by atoms with van der Waals surface area (Å²) < 4.78 is 0. The number of hydrogen-bond donors (Lipinski definition) is 3. The lowest BCUT2D eigenvalue weighted by molar-refractivity contribution is -0.130. The van der Waals surface area contributed by atoms with Crippen LogP contribution in [0.3, 0.4) is 0 Å². The van der Waals surface area contributed by atoms with Gasteiger partial charge in [-0.3, -0.25) is 9.59 Å². The molecule has 0 spiro atoms. The van der Waals surface area contributed by atoms with Crippen LogP contribution in [0.4, 0.5) is 0 Å². The second-order valence-electron chi connectivity index (χ2n) is 4.66. The molecule has 0 saturated carbocycles. The number of amides is 2. The van der Waals surface area contributed by atoms with Gasteiger partial charge in [-0.25, -0.2) is 0 Å². The minimum absolute atomic E-state index is 0.0533. The van der Waals surface area contributed by atoms with Gasteiger partial charge in [-0.05, 0) is 26.8 Å². The molecule has 5 nitrogen and oxygen atoms in total. The van der Waals surface area contributed by atoms with Gasteiger partial charge in [-0.2, -0.15) is 0 Å². The van der Waals surface area contributed by atoms with E-state index < -0.39 is 5.41 Å². The van der Waals surface area contributed by atoms with E-state index in [1.54, 1.807) is 20.9 Å². The highest BCUT2D eigenvalue weighted by molar-refractivity contribution is 5.83. The Morgan fingerprint density at radius 2 is 1.94 bits per heavy atom. The van der Waals surface area contributed by atoms with E-state index in [0.717, 1.165) is 0 Å². The number of rotatable bonds is 6. The monoisotopic (exact) mass is 229 g/mol. The third-order valence-corrected chi connectivity index (χ3v) is 2.59. The Bertz CT molecular complexity index is 252. The van der Waals surface area contributed by atoms with Crippen molar-refractivity contribution in [2.24, 2.45) is 17.1 Å². The molecule has 1 atom stereocenters. The van der Waals surface area contributed by atoms with Crippen LogP contribution < -0.4 is 16.4 Å². The molecular weight excluding hydrogens is 206 g/mol. The number of hydrogen-bond acceptors (Lipinski definition) is 3. The largest absolute Gasteiger partial charge is 0.359 e. The maximum absolute atomic E-state index is 11.6.